The second kappa shape index (κ2) is 12.8. The highest BCUT2D eigenvalue weighted by Crippen LogP contribution is 2.42. The number of fused-ring (bicyclic) bond motifs is 3. The number of hydrogen-bond donors (Lipinski definition) is 0. The maximum atomic E-state index is 6.45. The van der Waals surface area contributed by atoms with Crippen molar-refractivity contribution in [1.29, 1.82) is 0 Å². The van der Waals surface area contributed by atoms with E-state index in [4.69, 9.17) is 4.42 Å². The Balaban J connectivity index is 1.13. The number of furan rings is 1. The average molecular weight is 640 g/mol. The van der Waals surface area contributed by atoms with Gasteiger partial charge in [0.15, 0.2) is 0 Å². The lowest BCUT2D eigenvalue weighted by molar-refractivity contribution is 0.670. The van der Waals surface area contributed by atoms with Crippen molar-refractivity contribution in [2.24, 2.45) is 0 Å². The van der Waals surface area contributed by atoms with Crippen molar-refractivity contribution >= 4 is 39.0 Å². The van der Waals surface area contributed by atoms with E-state index in [1.54, 1.807) is 0 Å². The van der Waals surface area contributed by atoms with Crippen LogP contribution in [0.1, 0.15) is 0 Å². The van der Waals surface area contributed by atoms with Crippen molar-refractivity contribution in [2.75, 3.05) is 4.90 Å². The highest BCUT2D eigenvalue weighted by atomic mass is 16.3. The van der Waals surface area contributed by atoms with Gasteiger partial charge in [0.25, 0.3) is 0 Å². The Labute approximate surface area is 292 Å². The maximum Gasteiger partial charge on any atom is 0.143 e. The summed E-state index contributed by atoms with van der Waals surface area (Å²) in [6.45, 7) is 0. The molecule has 2 heteroatoms. The van der Waals surface area contributed by atoms with Gasteiger partial charge in [-0.3, -0.25) is 0 Å². The lowest BCUT2D eigenvalue weighted by Crippen LogP contribution is -2.10. The van der Waals surface area contributed by atoms with Crippen molar-refractivity contribution in [2.45, 2.75) is 0 Å². The van der Waals surface area contributed by atoms with Crippen molar-refractivity contribution in [1.82, 2.24) is 0 Å². The van der Waals surface area contributed by atoms with Gasteiger partial charge in [0.2, 0.25) is 0 Å². The Morgan fingerprint density at radius 1 is 0.300 bits per heavy atom. The van der Waals surface area contributed by atoms with Crippen molar-refractivity contribution in [3.8, 4) is 44.5 Å². The van der Waals surface area contributed by atoms with Crippen LogP contribution in [0, 0.1) is 0 Å². The summed E-state index contributed by atoms with van der Waals surface area (Å²) >= 11 is 0. The molecule has 0 radical (unpaired) electrons. The smallest absolute Gasteiger partial charge is 0.143 e. The quantitative estimate of drug-likeness (QED) is 0.173. The molecule has 0 unspecified atom stereocenters. The number of benzene rings is 8. The highest BCUT2D eigenvalue weighted by molar-refractivity contribution is 6.10. The molecular weight excluding hydrogens is 607 g/mol. The fourth-order valence-corrected chi connectivity index (χ4v) is 7.05. The Morgan fingerprint density at radius 2 is 0.800 bits per heavy atom. The van der Waals surface area contributed by atoms with Gasteiger partial charge in [-0.05, 0) is 81.4 Å². The molecule has 1 aromatic heterocycles. The molecule has 0 N–H and O–H groups in total. The van der Waals surface area contributed by atoms with Crippen LogP contribution in [-0.4, -0.2) is 0 Å². The van der Waals surface area contributed by atoms with Crippen LogP contribution in [-0.2, 0) is 0 Å². The van der Waals surface area contributed by atoms with Crippen LogP contribution >= 0.6 is 0 Å². The minimum atomic E-state index is 0.907. The molecule has 0 amide bonds. The lowest BCUT2D eigenvalue weighted by Gasteiger charge is -2.26. The third kappa shape index (κ3) is 5.43. The van der Waals surface area contributed by atoms with Gasteiger partial charge >= 0.3 is 0 Å². The summed E-state index contributed by atoms with van der Waals surface area (Å²) in [7, 11) is 0. The molecule has 0 spiro atoms. The van der Waals surface area contributed by atoms with Crippen LogP contribution in [0.25, 0.3) is 66.4 Å². The molecule has 0 aliphatic carbocycles. The van der Waals surface area contributed by atoms with Gasteiger partial charge in [-0.1, -0.05) is 158 Å². The summed E-state index contributed by atoms with van der Waals surface area (Å²) in [5.74, 6) is 0. The zero-order chi connectivity index (χ0) is 33.3. The minimum absolute atomic E-state index is 0.907. The molecular formula is C48H33NO. The number of nitrogens with zero attached hydrogens (tertiary/aromatic N) is 1. The molecule has 0 bridgehead atoms. The first-order valence-corrected chi connectivity index (χ1v) is 17.0. The first kappa shape index (κ1) is 29.5. The highest BCUT2D eigenvalue weighted by Gasteiger charge is 2.17. The largest absolute Gasteiger partial charge is 0.455 e. The fraction of sp³-hybridized carbons (Fsp3) is 0. The first-order valence-electron chi connectivity index (χ1n) is 17.0. The molecule has 9 rings (SSSR count). The molecule has 2 nitrogen and oxygen atoms in total. The van der Waals surface area contributed by atoms with Gasteiger partial charge in [-0.2, -0.15) is 0 Å². The van der Waals surface area contributed by atoms with E-state index in [0.717, 1.165) is 61.3 Å². The van der Waals surface area contributed by atoms with Gasteiger partial charge in [-0.15, -0.1) is 0 Å². The minimum Gasteiger partial charge on any atom is -0.455 e. The number of rotatable bonds is 7. The second-order valence-electron chi connectivity index (χ2n) is 12.5. The van der Waals surface area contributed by atoms with Gasteiger partial charge in [-0.25, -0.2) is 0 Å². The van der Waals surface area contributed by atoms with E-state index < -0.39 is 0 Å². The summed E-state index contributed by atoms with van der Waals surface area (Å²) in [4.78, 5) is 2.34. The third-order valence-corrected chi connectivity index (χ3v) is 9.50. The molecule has 50 heavy (non-hydrogen) atoms. The van der Waals surface area contributed by atoms with E-state index >= 15 is 0 Å². The fourth-order valence-electron chi connectivity index (χ4n) is 7.05. The SMILES string of the molecule is c1ccc(-c2ccc(N(c3ccc(-c4ccccc4-c4cccc5c4oc4ccccc45)cc3)c3cccc(-c4ccccc4)c3)cc2)cc1. The van der Waals surface area contributed by atoms with E-state index in [0.29, 0.717) is 0 Å². The summed E-state index contributed by atoms with van der Waals surface area (Å²) < 4.78 is 6.45. The monoisotopic (exact) mass is 639 g/mol. The van der Waals surface area contributed by atoms with Gasteiger partial charge in [0, 0.05) is 33.4 Å². The van der Waals surface area contributed by atoms with Crippen LogP contribution in [0.3, 0.4) is 0 Å². The van der Waals surface area contributed by atoms with E-state index in [2.05, 4.69) is 193 Å². The molecule has 1 heterocycles. The van der Waals surface area contributed by atoms with Gasteiger partial charge < -0.3 is 9.32 Å². The summed E-state index contributed by atoms with van der Waals surface area (Å²) in [5, 5.41) is 2.27. The Hall–Kier alpha value is -6.64. The molecule has 0 atom stereocenters. The van der Waals surface area contributed by atoms with Crippen LogP contribution in [0.4, 0.5) is 17.1 Å². The lowest BCUT2D eigenvalue weighted by atomic mass is 9.93. The van der Waals surface area contributed by atoms with E-state index in [-0.39, 0.29) is 0 Å². The normalized spacial score (nSPS) is 11.2. The van der Waals surface area contributed by atoms with Crippen LogP contribution in [0.15, 0.2) is 205 Å². The molecule has 8 aromatic carbocycles. The molecule has 9 aromatic rings. The van der Waals surface area contributed by atoms with Crippen molar-refractivity contribution in [3.63, 3.8) is 0 Å². The zero-order valence-corrected chi connectivity index (χ0v) is 27.4. The van der Waals surface area contributed by atoms with Crippen LogP contribution in [0.5, 0.6) is 0 Å². The molecule has 0 fully saturated rings. The summed E-state index contributed by atoms with van der Waals surface area (Å²) in [5.41, 5.74) is 14.4. The molecule has 0 aliphatic heterocycles. The van der Waals surface area contributed by atoms with Crippen molar-refractivity contribution in [3.05, 3.63) is 200 Å². The molecule has 0 saturated heterocycles. The third-order valence-electron chi connectivity index (χ3n) is 9.50. The van der Waals surface area contributed by atoms with E-state index in [1.165, 1.54) is 22.3 Å². The Morgan fingerprint density at radius 3 is 1.52 bits per heavy atom. The Bertz CT molecular complexity index is 2570. The predicted molar refractivity (Wildman–Crippen MR) is 210 cm³/mol. The topological polar surface area (TPSA) is 16.4 Å². The average Bonchev–Trinajstić information content (AvgIpc) is 3.59. The van der Waals surface area contributed by atoms with Gasteiger partial charge in [0.1, 0.15) is 11.2 Å². The zero-order valence-electron chi connectivity index (χ0n) is 27.4. The first-order chi connectivity index (χ1) is 24.8. The number of para-hydroxylation sites is 2. The summed E-state index contributed by atoms with van der Waals surface area (Å²) in [6, 6.07) is 71.0. The van der Waals surface area contributed by atoms with Crippen LogP contribution < -0.4 is 4.90 Å². The predicted octanol–water partition coefficient (Wildman–Crippen LogP) is 13.7. The molecule has 0 saturated carbocycles. The molecule has 0 aliphatic rings. The standard InChI is InChI=1S/C48H33NO/c1-3-13-34(14-4-1)36-25-29-39(30-26-36)49(41-18-11-17-38(33-41)35-15-5-2-6-16-35)40-31-27-37(28-32-40)42-19-7-8-20-43(42)45-22-12-23-46-44-21-9-10-24-47(44)50-48(45)46/h1-33H. The van der Waals surface area contributed by atoms with E-state index in [1.807, 2.05) is 12.1 Å². The maximum absolute atomic E-state index is 6.45. The number of hydrogen-bond acceptors (Lipinski definition) is 2. The van der Waals surface area contributed by atoms with Gasteiger partial charge in [0.05, 0.1) is 0 Å². The second-order valence-corrected chi connectivity index (χ2v) is 12.5. The van der Waals surface area contributed by atoms with E-state index in [9.17, 15) is 0 Å². The molecule has 236 valence electrons. The number of anilines is 3. The Kier molecular flexibility index (Phi) is 7.53. The van der Waals surface area contributed by atoms with Crippen molar-refractivity contribution < 1.29 is 4.42 Å². The summed E-state index contributed by atoms with van der Waals surface area (Å²) in [6.07, 6.45) is 0. The van der Waals surface area contributed by atoms with Crippen LogP contribution in [0.2, 0.25) is 0 Å².